The lowest BCUT2D eigenvalue weighted by Crippen LogP contribution is -2.00. The van der Waals surface area contributed by atoms with Crippen LogP contribution in [0.4, 0.5) is 5.69 Å². The number of carboxylic acids is 1. The van der Waals surface area contributed by atoms with E-state index in [9.17, 15) is 9.59 Å². The molecule has 1 aromatic carbocycles. The predicted molar refractivity (Wildman–Crippen MR) is 47.6 cm³/mol. The largest absolute Gasteiger partial charge is 0.477 e. The van der Waals surface area contributed by atoms with Gasteiger partial charge in [-0.15, -0.1) is 0 Å². The molecule has 0 bridgehead atoms. The van der Waals surface area contributed by atoms with Crippen molar-refractivity contribution in [3.05, 3.63) is 29.8 Å². The third kappa shape index (κ3) is 1.95. The van der Waals surface area contributed by atoms with Crippen LogP contribution in [-0.4, -0.2) is 17.0 Å². The second kappa shape index (κ2) is 3.56. The van der Waals surface area contributed by atoms with Crippen LogP contribution in [0.15, 0.2) is 24.3 Å². The average molecular weight is 177 g/mol. The maximum absolute atomic E-state index is 10.5. The fourth-order valence-electron chi connectivity index (χ4n) is 0.920. The zero-order chi connectivity index (χ0) is 9.84. The Hall–Kier alpha value is -2.06. The molecule has 3 N–H and O–H groups in total. The summed E-state index contributed by atoms with van der Waals surface area (Å²) >= 11 is 0. The van der Waals surface area contributed by atoms with Gasteiger partial charge >= 0.3 is 5.97 Å². The van der Waals surface area contributed by atoms with Crippen molar-refractivity contribution in [1.29, 1.82) is 0 Å². The van der Waals surface area contributed by atoms with Crippen molar-refractivity contribution in [3.8, 4) is 0 Å². The second-order valence-corrected chi connectivity index (χ2v) is 2.41. The highest BCUT2D eigenvalue weighted by molar-refractivity contribution is 6.24. The molecular weight excluding hydrogens is 170 g/mol. The van der Waals surface area contributed by atoms with E-state index in [-0.39, 0.29) is 5.56 Å². The van der Waals surface area contributed by atoms with E-state index < -0.39 is 11.5 Å². The highest BCUT2D eigenvalue weighted by atomic mass is 16.4. The summed E-state index contributed by atoms with van der Waals surface area (Å²) in [5, 5.41) is 8.58. The normalized spacial score (nSPS) is 8.92. The molecule has 0 aliphatic rings. The van der Waals surface area contributed by atoms with Gasteiger partial charge in [0.05, 0.1) is 0 Å². The summed E-state index contributed by atoms with van der Waals surface area (Å²) in [7, 11) is 0. The summed E-state index contributed by atoms with van der Waals surface area (Å²) < 4.78 is 0. The van der Waals surface area contributed by atoms with Gasteiger partial charge in [0.2, 0.25) is 0 Å². The van der Waals surface area contributed by atoms with Crippen LogP contribution in [-0.2, 0) is 9.59 Å². The van der Waals surface area contributed by atoms with Gasteiger partial charge in [0.1, 0.15) is 5.94 Å². The molecule has 0 spiro atoms. The Morgan fingerprint density at radius 1 is 1.46 bits per heavy atom. The molecule has 0 heterocycles. The quantitative estimate of drug-likeness (QED) is 0.393. The van der Waals surface area contributed by atoms with Crippen LogP contribution in [0.1, 0.15) is 5.56 Å². The molecule has 13 heavy (non-hydrogen) atoms. The van der Waals surface area contributed by atoms with Gasteiger partial charge in [0.25, 0.3) is 0 Å². The maximum Gasteiger partial charge on any atom is 0.347 e. The lowest BCUT2D eigenvalue weighted by atomic mass is 10.1. The molecule has 0 aromatic heterocycles. The van der Waals surface area contributed by atoms with Crippen LogP contribution >= 0.6 is 0 Å². The summed E-state index contributed by atoms with van der Waals surface area (Å²) in [5.74, 6) is 0.0516. The molecular formula is C9H7NO3. The molecule has 1 aromatic rings. The number of nitrogens with two attached hydrogens (primary N) is 1. The van der Waals surface area contributed by atoms with Gasteiger partial charge < -0.3 is 10.8 Å². The molecule has 0 aliphatic carbocycles. The molecule has 0 unspecified atom stereocenters. The van der Waals surface area contributed by atoms with E-state index in [1.165, 1.54) is 18.1 Å². The Bertz CT molecular complexity index is 392. The summed E-state index contributed by atoms with van der Waals surface area (Å²) in [6.07, 6.45) is 0. The Labute approximate surface area is 74.3 Å². The number of aliphatic carboxylic acids is 1. The maximum atomic E-state index is 10.5. The number of carbonyl (C=O) groups excluding carboxylic acids is 1. The van der Waals surface area contributed by atoms with Crippen molar-refractivity contribution in [1.82, 2.24) is 0 Å². The standard InChI is InChI=1S/C9H7NO3/c10-7-3-1-2-6(4-7)8(5-11)9(12)13/h1-4H,10H2,(H,12,13). The third-order valence-corrected chi connectivity index (χ3v) is 1.49. The van der Waals surface area contributed by atoms with E-state index in [2.05, 4.69) is 0 Å². The summed E-state index contributed by atoms with van der Waals surface area (Å²) in [4.78, 5) is 20.8. The predicted octanol–water partition coefficient (Wildman–Crippen LogP) is 0.568. The fourth-order valence-corrected chi connectivity index (χ4v) is 0.920. The van der Waals surface area contributed by atoms with Crippen molar-refractivity contribution < 1.29 is 14.7 Å². The Morgan fingerprint density at radius 3 is 2.62 bits per heavy atom. The zero-order valence-electron chi connectivity index (χ0n) is 6.65. The number of benzene rings is 1. The van der Waals surface area contributed by atoms with Crippen molar-refractivity contribution in [2.24, 2.45) is 0 Å². The molecule has 0 aliphatic heterocycles. The highest BCUT2D eigenvalue weighted by Gasteiger charge is 2.10. The lowest BCUT2D eigenvalue weighted by Gasteiger charge is -1.98. The monoisotopic (exact) mass is 177 g/mol. The average Bonchev–Trinajstić information content (AvgIpc) is 2.04. The van der Waals surface area contributed by atoms with Gasteiger partial charge in [-0.1, -0.05) is 12.1 Å². The van der Waals surface area contributed by atoms with Crippen LogP contribution in [0.5, 0.6) is 0 Å². The van der Waals surface area contributed by atoms with Crippen LogP contribution in [0.2, 0.25) is 0 Å². The zero-order valence-corrected chi connectivity index (χ0v) is 6.65. The smallest absolute Gasteiger partial charge is 0.347 e. The second-order valence-electron chi connectivity index (χ2n) is 2.41. The van der Waals surface area contributed by atoms with E-state index in [0.29, 0.717) is 5.69 Å². The molecule has 1 rings (SSSR count). The van der Waals surface area contributed by atoms with E-state index in [1.54, 1.807) is 12.1 Å². The van der Waals surface area contributed by atoms with E-state index in [0.717, 1.165) is 0 Å². The molecule has 0 saturated heterocycles. The van der Waals surface area contributed by atoms with Crippen LogP contribution in [0, 0.1) is 0 Å². The van der Waals surface area contributed by atoms with Crippen LogP contribution < -0.4 is 5.73 Å². The Kier molecular flexibility index (Phi) is 2.47. The van der Waals surface area contributed by atoms with Crippen LogP contribution in [0.3, 0.4) is 0 Å². The third-order valence-electron chi connectivity index (χ3n) is 1.49. The van der Waals surface area contributed by atoms with Gasteiger partial charge in [-0.3, -0.25) is 0 Å². The molecule has 4 heteroatoms. The first-order chi connectivity index (χ1) is 6.15. The van der Waals surface area contributed by atoms with Crippen LogP contribution in [0.25, 0.3) is 5.57 Å². The molecule has 66 valence electrons. The highest BCUT2D eigenvalue weighted by Crippen LogP contribution is 2.14. The summed E-state index contributed by atoms with van der Waals surface area (Å²) in [6, 6.07) is 6.08. The van der Waals surface area contributed by atoms with Gasteiger partial charge in [0, 0.05) is 11.3 Å². The van der Waals surface area contributed by atoms with Gasteiger partial charge in [-0.2, -0.15) is 0 Å². The number of carbonyl (C=O) groups is 1. The summed E-state index contributed by atoms with van der Waals surface area (Å²) in [5.41, 5.74) is 5.68. The molecule has 0 atom stereocenters. The number of nitrogen functional groups attached to an aromatic ring is 1. The van der Waals surface area contributed by atoms with Gasteiger partial charge in [0.15, 0.2) is 5.57 Å². The Morgan fingerprint density at radius 2 is 2.15 bits per heavy atom. The number of hydrogen-bond acceptors (Lipinski definition) is 3. The SMILES string of the molecule is Nc1cccc(C(=C=O)C(=O)O)c1. The van der Waals surface area contributed by atoms with Crippen molar-refractivity contribution in [2.75, 3.05) is 5.73 Å². The number of rotatable bonds is 2. The number of carboxylic acid groups (broad SMARTS) is 1. The molecule has 0 fully saturated rings. The van der Waals surface area contributed by atoms with E-state index in [4.69, 9.17) is 10.8 Å². The van der Waals surface area contributed by atoms with Gasteiger partial charge in [-0.05, 0) is 12.1 Å². The van der Waals surface area contributed by atoms with Gasteiger partial charge in [-0.25, -0.2) is 9.59 Å². The summed E-state index contributed by atoms with van der Waals surface area (Å²) in [6.45, 7) is 0. The first kappa shape index (κ1) is 9.03. The molecule has 4 nitrogen and oxygen atoms in total. The number of anilines is 1. The topological polar surface area (TPSA) is 80.4 Å². The van der Waals surface area contributed by atoms with Crippen molar-refractivity contribution >= 4 is 23.2 Å². The fraction of sp³-hybridized carbons (Fsp3) is 0. The Balaban J connectivity index is 3.21. The first-order valence-corrected chi connectivity index (χ1v) is 3.49. The molecule has 0 saturated carbocycles. The molecule has 0 radical (unpaired) electrons. The van der Waals surface area contributed by atoms with Crippen molar-refractivity contribution in [2.45, 2.75) is 0 Å². The van der Waals surface area contributed by atoms with E-state index >= 15 is 0 Å². The number of hydrogen-bond donors (Lipinski definition) is 2. The van der Waals surface area contributed by atoms with Crippen molar-refractivity contribution in [3.63, 3.8) is 0 Å². The molecule has 0 amide bonds. The minimum absolute atomic E-state index is 0.266. The minimum Gasteiger partial charge on any atom is -0.477 e. The lowest BCUT2D eigenvalue weighted by molar-refractivity contribution is -0.130. The van der Waals surface area contributed by atoms with E-state index in [1.807, 2.05) is 0 Å². The first-order valence-electron chi connectivity index (χ1n) is 3.49. The minimum atomic E-state index is -1.30.